The number of aliphatic imine (C=N–C) groups is 2. The number of aromatic nitrogens is 1. The molecule has 2 amide bonds. The highest BCUT2D eigenvalue weighted by atomic mass is 32.2. The molecule has 0 aromatic carbocycles. The number of thioether (sulfide) groups is 1. The van der Waals surface area contributed by atoms with E-state index < -0.39 is 0 Å². The highest BCUT2D eigenvalue weighted by molar-refractivity contribution is 8.00. The first-order valence-corrected chi connectivity index (χ1v) is 8.67. The molecular formula is C17H16N4O2S. The van der Waals surface area contributed by atoms with Crippen molar-refractivity contribution >= 4 is 35.1 Å². The van der Waals surface area contributed by atoms with Crippen molar-refractivity contribution in [3.8, 4) is 0 Å². The number of carbonyl (C=O) groups excluding carboxylic acids is 2. The Labute approximate surface area is 143 Å². The van der Waals surface area contributed by atoms with Crippen LogP contribution in [0.5, 0.6) is 0 Å². The average molecular weight is 340 g/mol. The van der Waals surface area contributed by atoms with Gasteiger partial charge in [-0.15, -0.1) is 11.8 Å². The standard InChI is InChI=1S/C17H16N4O2S/c22-16(19-9-12-5-3-4-8-18-12)11-24-10-15-20-14-7-2-1-6-13(14)17(23)21-15/h1-8,13H,9-11H2,(H,19,22). The molecule has 1 aliphatic carbocycles. The van der Waals surface area contributed by atoms with Crippen LogP contribution in [0.1, 0.15) is 5.69 Å². The highest BCUT2D eigenvalue weighted by Crippen LogP contribution is 2.17. The number of allylic oxidation sites excluding steroid dienone is 3. The van der Waals surface area contributed by atoms with Gasteiger partial charge in [0.2, 0.25) is 5.91 Å². The van der Waals surface area contributed by atoms with Crippen molar-refractivity contribution in [2.75, 3.05) is 11.5 Å². The number of nitrogens with one attached hydrogen (secondary N) is 1. The predicted molar refractivity (Wildman–Crippen MR) is 95.1 cm³/mol. The van der Waals surface area contributed by atoms with Crippen LogP contribution in [-0.4, -0.2) is 39.9 Å². The summed E-state index contributed by atoms with van der Waals surface area (Å²) in [5, 5.41) is 2.81. The Morgan fingerprint density at radius 3 is 3.00 bits per heavy atom. The molecule has 1 aliphatic heterocycles. The van der Waals surface area contributed by atoms with Crippen molar-refractivity contribution < 1.29 is 9.59 Å². The summed E-state index contributed by atoms with van der Waals surface area (Å²) < 4.78 is 0. The van der Waals surface area contributed by atoms with Gasteiger partial charge in [-0.25, -0.2) is 4.99 Å². The number of amidine groups is 1. The molecule has 2 aliphatic rings. The van der Waals surface area contributed by atoms with Crippen LogP contribution in [0.4, 0.5) is 0 Å². The second kappa shape index (κ2) is 7.83. The molecule has 0 radical (unpaired) electrons. The zero-order chi connectivity index (χ0) is 16.8. The predicted octanol–water partition coefficient (Wildman–Crippen LogP) is 1.55. The van der Waals surface area contributed by atoms with Crippen molar-refractivity contribution in [1.82, 2.24) is 10.3 Å². The fraction of sp³-hybridized carbons (Fsp3) is 0.235. The lowest BCUT2D eigenvalue weighted by molar-refractivity contribution is -0.119. The Morgan fingerprint density at radius 2 is 2.17 bits per heavy atom. The van der Waals surface area contributed by atoms with E-state index in [0.717, 1.165) is 5.69 Å². The van der Waals surface area contributed by atoms with Crippen LogP contribution >= 0.6 is 11.8 Å². The maximum atomic E-state index is 11.9. The minimum absolute atomic E-state index is 0.0839. The van der Waals surface area contributed by atoms with Crippen LogP contribution in [0.3, 0.4) is 0 Å². The lowest BCUT2D eigenvalue weighted by Crippen LogP contribution is -2.28. The zero-order valence-corrected chi connectivity index (χ0v) is 13.7. The molecule has 0 saturated carbocycles. The average Bonchev–Trinajstić information content (AvgIpc) is 2.61. The third-order valence-corrected chi connectivity index (χ3v) is 4.35. The first kappa shape index (κ1) is 16.3. The number of fused-ring (bicyclic) bond motifs is 1. The fourth-order valence-corrected chi connectivity index (χ4v) is 2.96. The molecule has 6 nitrogen and oxygen atoms in total. The molecule has 1 aromatic heterocycles. The van der Waals surface area contributed by atoms with E-state index in [1.165, 1.54) is 11.8 Å². The van der Waals surface area contributed by atoms with Gasteiger partial charge < -0.3 is 5.32 Å². The van der Waals surface area contributed by atoms with E-state index in [1.54, 1.807) is 12.3 Å². The topological polar surface area (TPSA) is 83.8 Å². The number of hydrogen-bond acceptors (Lipinski definition) is 5. The van der Waals surface area contributed by atoms with Gasteiger partial charge in [-0.1, -0.05) is 24.3 Å². The lowest BCUT2D eigenvalue weighted by Gasteiger charge is -2.17. The van der Waals surface area contributed by atoms with Crippen LogP contribution in [-0.2, 0) is 16.1 Å². The first-order chi connectivity index (χ1) is 11.7. The van der Waals surface area contributed by atoms with Gasteiger partial charge >= 0.3 is 0 Å². The Morgan fingerprint density at radius 1 is 1.25 bits per heavy atom. The smallest absolute Gasteiger partial charge is 0.260 e. The number of pyridine rings is 1. The Kier molecular flexibility index (Phi) is 5.32. The molecule has 24 heavy (non-hydrogen) atoms. The van der Waals surface area contributed by atoms with E-state index in [9.17, 15) is 9.59 Å². The van der Waals surface area contributed by atoms with E-state index in [4.69, 9.17) is 0 Å². The van der Waals surface area contributed by atoms with Gasteiger partial charge in [0.15, 0.2) is 0 Å². The maximum absolute atomic E-state index is 11.9. The molecule has 2 heterocycles. The van der Waals surface area contributed by atoms with Crippen molar-refractivity contribution in [2.45, 2.75) is 6.54 Å². The molecule has 7 heteroatoms. The van der Waals surface area contributed by atoms with Gasteiger partial charge in [0.05, 0.1) is 29.5 Å². The van der Waals surface area contributed by atoms with E-state index in [0.29, 0.717) is 23.8 Å². The van der Waals surface area contributed by atoms with E-state index >= 15 is 0 Å². The Hall–Kier alpha value is -2.54. The minimum atomic E-state index is -0.356. The van der Waals surface area contributed by atoms with Crippen molar-refractivity contribution in [1.29, 1.82) is 0 Å². The summed E-state index contributed by atoms with van der Waals surface area (Å²) in [5.74, 6) is 0.537. The molecule has 0 spiro atoms. The maximum Gasteiger partial charge on any atom is 0.260 e. The van der Waals surface area contributed by atoms with Crippen LogP contribution < -0.4 is 5.32 Å². The van der Waals surface area contributed by atoms with E-state index in [1.807, 2.05) is 36.4 Å². The third-order valence-electron chi connectivity index (χ3n) is 3.42. The first-order valence-electron chi connectivity index (χ1n) is 7.51. The molecule has 122 valence electrons. The van der Waals surface area contributed by atoms with Gasteiger partial charge in [-0.3, -0.25) is 14.6 Å². The quantitative estimate of drug-likeness (QED) is 0.852. The van der Waals surface area contributed by atoms with Gasteiger partial charge in [0, 0.05) is 6.20 Å². The summed E-state index contributed by atoms with van der Waals surface area (Å²) in [6.07, 6.45) is 8.98. The number of carbonyl (C=O) groups is 2. The molecule has 0 bridgehead atoms. The molecule has 0 saturated heterocycles. The summed E-state index contributed by atoms with van der Waals surface area (Å²) in [6, 6.07) is 5.56. The normalized spacial score (nSPS) is 18.7. The summed E-state index contributed by atoms with van der Waals surface area (Å²) >= 11 is 1.38. The highest BCUT2D eigenvalue weighted by Gasteiger charge is 2.25. The van der Waals surface area contributed by atoms with Gasteiger partial charge in [-0.05, 0) is 18.2 Å². The van der Waals surface area contributed by atoms with Crippen LogP contribution in [0.2, 0.25) is 0 Å². The SMILES string of the molecule is O=C(CSCC1=NC(=O)C2C=CC=CC2=N1)NCc1ccccn1. The van der Waals surface area contributed by atoms with Crippen LogP contribution in [0, 0.1) is 5.92 Å². The molecular weight excluding hydrogens is 324 g/mol. The second-order valence-corrected chi connectivity index (χ2v) is 6.20. The number of amides is 2. The van der Waals surface area contributed by atoms with Gasteiger partial charge in [0.1, 0.15) is 11.8 Å². The zero-order valence-electron chi connectivity index (χ0n) is 12.9. The Balaban J connectivity index is 1.44. The number of nitrogens with zero attached hydrogens (tertiary/aromatic N) is 3. The van der Waals surface area contributed by atoms with Gasteiger partial charge in [-0.2, -0.15) is 4.99 Å². The van der Waals surface area contributed by atoms with E-state index in [2.05, 4.69) is 20.3 Å². The molecule has 1 aromatic rings. The summed E-state index contributed by atoms with van der Waals surface area (Å²) in [5.41, 5.74) is 1.53. The van der Waals surface area contributed by atoms with Crippen molar-refractivity contribution in [2.24, 2.45) is 15.9 Å². The molecule has 1 N–H and O–H groups in total. The summed E-state index contributed by atoms with van der Waals surface area (Å²) in [4.78, 5) is 36.3. The minimum Gasteiger partial charge on any atom is -0.350 e. The monoisotopic (exact) mass is 340 g/mol. The van der Waals surface area contributed by atoms with Crippen LogP contribution in [0.25, 0.3) is 0 Å². The summed E-state index contributed by atoms with van der Waals surface area (Å²) in [6.45, 7) is 0.404. The molecule has 1 unspecified atom stereocenters. The van der Waals surface area contributed by atoms with Crippen molar-refractivity contribution in [3.05, 3.63) is 54.4 Å². The lowest BCUT2D eigenvalue weighted by atomic mass is 9.97. The third kappa shape index (κ3) is 4.26. The number of hydrogen-bond donors (Lipinski definition) is 1. The second-order valence-electron chi connectivity index (χ2n) is 5.22. The number of rotatable bonds is 6. The fourth-order valence-electron chi connectivity index (χ4n) is 2.26. The van der Waals surface area contributed by atoms with Crippen LogP contribution in [0.15, 0.2) is 58.7 Å². The van der Waals surface area contributed by atoms with Crippen molar-refractivity contribution in [3.63, 3.8) is 0 Å². The van der Waals surface area contributed by atoms with E-state index in [-0.39, 0.29) is 23.5 Å². The summed E-state index contributed by atoms with van der Waals surface area (Å²) in [7, 11) is 0. The molecule has 1 atom stereocenters. The molecule has 0 fully saturated rings. The largest absolute Gasteiger partial charge is 0.350 e. The Bertz CT molecular complexity index is 753. The van der Waals surface area contributed by atoms with Gasteiger partial charge in [0.25, 0.3) is 5.91 Å². The molecule has 3 rings (SSSR count).